The summed E-state index contributed by atoms with van der Waals surface area (Å²) >= 11 is 0. The molecule has 0 saturated carbocycles. The van der Waals surface area contributed by atoms with Crippen LogP contribution in [0.15, 0.2) is 0 Å². The smallest absolute Gasteiger partial charge is 0.240 e. The van der Waals surface area contributed by atoms with Crippen molar-refractivity contribution in [2.75, 3.05) is 14.1 Å². The highest BCUT2D eigenvalue weighted by Crippen LogP contribution is 2.10. The van der Waals surface area contributed by atoms with Gasteiger partial charge in [-0.15, -0.1) is 0 Å². The van der Waals surface area contributed by atoms with Crippen LogP contribution >= 0.6 is 0 Å². The van der Waals surface area contributed by atoms with Crippen LogP contribution in [-0.4, -0.2) is 37.0 Å². The molecular formula is C6H12N2O. The Morgan fingerprint density at radius 1 is 1.56 bits per heavy atom. The Morgan fingerprint density at radius 2 is 2.00 bits per heavy atom. The van der Waals surface area contributed by atoms with Crippen molar-refractivity contribution >= 4 is 5.91 Å². The Bertz CT molecular complexity index is 133. The Morgan fingerprint density at radius 3 is 2.11 bits per heavy atom. The van der Waals surface area contributed by atoms with Crippen LogP contribution in [0.1, 0.15) is 6.92 Å². The number of nitrogens with zero attached hydrogens (tertiary/aromatic N) is 1. The fourth-order valence-corrected chi connectivity index (χ4v) is 0.791. The highest BCUT2D eigenvalue weighted by atomic mass is 16.2. The molecule has 0 aromatic heterocycles. The number of carbonyl (C=O) groups excluding carboxylic acids is 1. The van der Waals surface area contributed by atoms with E-state index in [4.69, 9.17) is 0 Å². The summed E-state index contributed by atoms with van der Waals surface area (Å²) in [6, 6.07) is 0.486. The number of hydrogen-bond donors (Lipinski definition) is 1. The maximum Gasteiger partial charge on any atom is 0.240 e. The molecule has 0 bridgehead atoms. The highest BCUT2D eigenvalue weighted by molar-refractivity contribution is 5.85. The average molecular weight is 128 g/mol. The molecule has 0 aliphatic carbocycles. The Balaban J connectivity index is 2.36. The van der Waals surface area contributed by atoms with E-state index in [9.17, 15) is 4.79 Å². The molecule has 9 heavy (non-hydrogen) atoms. The second-order valence-electron chi connectivity index (χ2n) is 2.67. The summed E-state index contributed by atoms with van der Waals surface area (Å²) in [4.78, 5) is 12.6. The lowest BCUT2D eigenvalue weighted by molar-refractivity contribution is -0.128. The number of carbonyl (C=O) groups is 1. The van der Waals surface area contributed by atoms with Crippen LogP contribution in [0.3, 0.4) is 0 Å². The molecule has 1 heterocycles. The third-order valence-corrected chi connectivity index (χ3v) is 1.54. The molecule has 1 rings (SSSR count). The van der Waals surface area contributed by atoms with Crippen LogP contribution < -0.4 is 5.32 Å². The minimum atomic E-state index is 0.0972. The van der Waals surface area contributed by atoms with Crippen molar-refractivity contribution in [2.45, 2.75) is 19.0 Å². The first-order chi connectivity index (χ1) is 4.13. The van der Waals surface area contributed by atoms with E-state index in [0.29, 0.717) is 6.04 Å². The second-order valence-corrected chi connectivity index (χ2v) is 2.67. The van der Waals surface area contributed by atoms with Crippen molar-refractivity contribution in [1.29, 1.82) is 0 Å². The van der Waals surface area contributed by atoms with Gasteiger partial charge in [-0.1, -0.05) is 0 Å². The third-order valence-electron chi connectivity index (χ3n) is 1.54. The van der Waals surface area contributed by atoms with Crippen molar-refractivity contribution in [1.82, 2.24) is 10.2 Å². The first kappa shape index (κ1) is 6.55. The lowest BCUT2D eigenvalue weighted by Crippen LogP contribution is -2.28. The minimum absolute atomic E-state index is 0.0972. The first-order valence-corrected chi connectivity index (χ1v) is 3.10. The van der Waals surface area contributed by atoms with Gasteiger partial charge in [0.2, 0.25) is 5.91 Å². The summed E-state index contributed by atoms with van der Waals surface area (Å²) < 4.78 is 0. The molecule has 52 valence electrons. The van der Waals surface area contributed by atoms with Gasteiger partial charge in [0.1, 0.15) is 6.04 Å². The average Bonchev–Trinajstić information content (AvgIpc) is 2.44. The molecule has 1 aliphatic rings. The van der Waals surface area contributed by atoms with Crippen LogP contribution in [0.5, 0.6) is 0 Å². The molecule has 3 heteroatoms. The fourth-order valence-electron chi connectivity index (χ4n) is 0.791. The number of rotatable bonds is 1. The quantitative estimate of drug-likeness (QED) is 0.481. The van der Waals surface area contributed by atoms with Crippen molar-refractivity contribution in [2.24, 2.45) is 0 Å². The molecule has 0 aromatic carbocycles. The van der Waals surface area contributed by atoms with Gasteiger partial charge in [0.15, 0.2) is 0 Å². The monoisotopic (exact) mass is 128 g/mol. The summed E-state index contributed by atoms with van der Waals surface area (Å²) in [6.45, 7) is 2.01. The summed E-state index contributed by atoms with van der Waals surface area (Å²) in [6.07, 6.45) is 0. The number of amides is 1. The number of likely N-dealkylation sites (N-methyl/N-ethyl adjacent to an activating group) is 1. The third kappa shape index (κ3) is 1.21. The van der Waals surface area contributed by atoms with Crippen LogP contribution in [0, 0.1) is 0 Å². The summed E-state index contributed by atoms with van der Waals surface area (Å²) in [5.41, 5.74) is 0. The van der Waals surface area contributed by atoms with Crippen molar-refractivity contribution in [3.8, 4) is 0 Å². The normalized spacial score (nSPS) is 31.9. The van der Waals surface area contributed by atoms with E-state index in [2.05, 4.69) is 5.32 Å². The maximum atomic E-state index is 11.0. The van der Waals surface area contributed by atoms with E-state index in [1.165, 1.54) is 0 Å². The van der Waals surface area contributed by atoms with Crippen molar-refractivity contribution < 1.29 is 4.79 Å². The standard InChI is InChI=1S/C6H12N2O/c1-4-5(7-4)6(9)8(2)3/h4-5,7H,1-3H3/t4-,5+/m1/s1. The molecule has 0 aromatic rings. The van der Waals surface area contributed by atoms with E-state index in [-0.39, 0.29) is 11.9 Å². The van der Waals surface area contributed by atoms with E-state index in [0.717, 1.165) is 0 Å². The van der Waals surface area contributed by atoms with Crippen molar-refractivity contribution in [3.63, 3.8) is 0 Å². The maximum absolute atomic E-state index is 11.0. The first-order valence-electron chi connectivity index (χ1n) is 3.10. The second kappa shape index (κ2) is 1.99. The SMILES string of the molecule is C[C@H]1N[C@@H]1C(=O)N(C)C. The van der Waals surface area contributed by atoms with Gasteiger partial charge in [-0.25, -0.2) is 0 Å². The molecule has 0 spiro atoms. The minimum Gasteiger partial charge on any atom is -0.347 e. The molecule has 1 amide bonds. The number of hydrogen-bond acceptors (Lipinski definition) is 2. The van der Waals surface area contributed by atoms with Gasteiger partial charge >= 0.3 is 0 Å². The zero-order valence-electron chi connectivity index (χ0n) is 6.01. The zero-order valence-corrected chi connectivity index (χ0v) is 6.01. The highest BCUT2D eigenvalue weighted by Gasteiger charge is 2.38. The Kier molecular flexibility index (Phi) is 1.45. The summed E-state index contributed by atoms with van der Waals surface area (Å²) in [5, 5.41) is 3.02. The molecule has 1 N–H and O–H groups in total. The fraction of sp³-hybridized carbons (Fsp3) is 0.833. The van der Waals surface area contributed by atoms with Crippen molar-refractivity contribution in [3.05, 3.63) is 0 Å². The predicted molar refractivity (Wildman–Crippen MR) is 35.1 cm³/mol. The van der Waals surface area contributed by atoms with Crippen LogP contribution in [0.25, 0.3) is 0 Å². The molecule has 1 fully saturated rings. The molecule has 0 unspecified atom stereocenters. The van der Waals surface area contributed by atoms with Gasteiger partial charge in [-0.2, -0.15) is 0 Å². The lowest BCUT2D eigenvalue weighted by Gasteiger charge is -2.07. The molecule has 1 saturated heterocycles. The van der Waals surface area contributed by atoms with Crippen LogP contribution in [0.4, 0.5) is 0 Å². The van der Waals surface area contributed by atoms with E-state index in [1.807, 2.05) is 6.92 Å². The Hall–Kier alpha value is -0.570. The van der Waals surface area contributed by atoms with E-state index < -0.39 is 0 Å². The predicted octanol–water partition coefficient (Wildman–Crippen LogP) is -0.565. The van der Waals surface area contributed by atoms with Gasteiger partial charge in [-0.05, 0) is 6.92 Å². The number of nitrogens with one attached hydrogen (secondary N) is 1. The van der Waals surface area contributed by atoms with Gasteiger partial charge in [0.05, 0.1) is 0 Å². The van der Waals surface area contributed by atoms with Gasteiger partial charge in [-0.3, -0.25) is 10.1 Å². The van der Waals surface area contributed by atoms with Crippen LogP contribution in [0.2, 0.25) is 0 Å². The molecule has 3 nitrogen and oxygen atoms in total. The van der Waals surface area contributed by atoms with Gasteiger partial charge in [0, 0.05) is 20.1 Å². The molecule has 1 aliphatic heterocycles. The topological polar surface area (TPSA) is 42.3 Å². The molecule has 0 radical (unpaired) electrons. The van der Waals surface area contributed by atoms with E-state index in [1.54, 1.807) is 19.0 Å². The Labute approximate surface area is 55.0 Å². The largest absolute Gasteiger partial charge is 0.347 e. The zero-order chi connectivity index (χ0) is 7.02. The molecule has 2 atom stereocenters. The van der Waals surface area contributed by atoms with Gasteiger partial charge < -0.3 is 4.90 Å². The van der Waals surface area contributed by atoms with Gasteiger partial charge in [0.25, 0.3) is 0 Å². The lowest BCUT2D eigenvalue weighted by atomic mass is 10.3. The van der Waals surface area contributed by atoms with E-state index >= 15 is 0 Å². The van der Waals surface area contributed by atoms with Crippen LogP contribution in [-0.2, 0) is 4.79 Å². The molecular weight excluding hydrogens is 116 g/mol. The summed E-state index contributed by atoms with van der Waals surface area (Å²) in [7, 11) is 3.55. The summed E-state index contributed by atoms with van der Waals surface area (Å²) in [5.74, 6) is 0.183.